The van der Waals surface area contributed by atoms with Gasteiger partial charge < -0.3 is 25.6 Å². The van der Waals surface area contributed by atoms with Gasteiger partial charge in [0.25, 0.3) is 0 Å². The lowest BCUT2D eigenvalue weighted by Crippen LogP contribution is -2.47. The van der Waals surface area contributed by atoms with Crippen molar-refractivity contribution in [2.45, 2.75) is 187 Å². The first-order valence-corrected chi connectivity index (χ1v) is 21.8. The van der Waals surface area contributed by atoms with E-state index < -0.39 is 24.5 Å². The highest BCUT2D eigenvalue weighted by atomic mass is 16.5. The molecule has 0 rings (SSSR count). The van der Waals surface area contributed by atoms with Gasteiger partial charge in [-0.15, -0.1) is 0 Å². The maximum atomic E-state index is 12.7. The van der Waals surface area contributed by atoms with Crippen LogP contribution in [0.2, 0.25) is 0 Å². The largest absolute Gasteiger partial charge is 0.480 e. The lowest BCUT2D eigenvalue weighted by molar-refractivity contribution is -0.149. The number of rotatable bonds is 38. The zero-order chi connectivity index (χ0) is 41.2. The molecule has 2 atom stereocenters. The molecule has 0 saturated carbocycles. The Morgan fingerprint density at radius 1 is 0.554 bits per heavy atom. The van der Waals surface area contributed by atoms with Gasteiger partial charge in [-0.05, 0) is 96.3 Å². The second kappa shape index (κ2) is 40.9. The Labute approximate surface area is 340 Å². The first-order chi connectivity index (χ1) is 27.3. The number of hydrogen-bond donors (Lipinski definition) is 4. The molecule has 4 N–H and O–H groups in total. The Bertz CT molecular complexity index is 1170. The molecule has 2 unspecified atom stereocenters. The van der Waals surface area contributed by atoms with Crippen LogP contribution in [0.4, 0.5) is 0 Å². The van der Waals surface area contributed by atoms with Crippen molar-refractivity contribution in [1.29, 1.82) is 0 Å². The molecular formula is C47H78N2O7. The van der Waals surface area contributed by atoms with Gasteiger partial charge in [0.2, 0.25) is 11.8 Å². The van der Waals surface area contributed by atoms with Gasteiger partial charge in [-0.25, -0.2) is 4.79 Å². The first-order valence-electron chi connectivity index (χ1n) is 21.8. The van der Waals surface area contributed by atoms with E-state index in [-0.39, 0.29) is 30.9 Å². The van der Waals surface area contributed by atoms with Crippen LogP contribution in [-0.2, 0) is 23.9 Å². The number of hydrogen-bond acceptors (Lipinski definition) is 6. The van der Waals surface area contributed by atoms with Crippen molar-refractivity contribution in [3.63, 3.8) is 0 Å². The maximum Gasteiger partial charge on any atom is 0.328 e. The van der Waals surface area contributed by atoms with Crippen molar-refractivity contribution in [1.82, 2.24) is 10.6 Å². The number of carbonyl (C=O) groups excluding carboxylic acids is 3. The zero-order valence-corrected chi connectivity index (χ0v) is 35.1. The number of aliphatic carboxylic acids is 1. The molecule has 0 fully saturated rings. The molecule has 318 valence electrons. The summed E-state index contributed by atoms with van der Waals surface area (Å²) < 4.78 is 5.97. The Balaban J connectivity index is 4.50. The topological polar surface area (TPSA) is 142 Å². The van der Waals surface area contributed by atoms with E-state index in [1.54, 1.807) is 0 Å². The third-order valence-electron chi connectivity index (χ3n) is 9.20. The van der Waals surface area contributed by atoms with Crippen LogP contribution in [0.25, 0.3) is 0 Å². The van der Waals surface area contributed by atoms with Crippen LogP contribution in [0.15, 0.2) is 72.9 Å². The highest BCUT2D eigenvalue weighted by molar-refractivity contribution is 5.87. The van der Waals surface area contributed by atoms with Crippen molar-refractivity contribution < 1.29 is 34.1 Å². The van der Waals surface area contributed by atoms with Crippen molar-refractivity contribution in [2.75, 3.05) is 13.2 Å². The average Bonchev–Trinajstić information content (AvgIpc) is 3.18. The highest BCUT2D eigenvalue weighted by Crippen LogP contribution is 2.18. The van der Waals surface area contributed by atoms with Gasteiger partial charge >= 0.3 is 11.9 Å². The fraction of sp³-hybridized carbons (Fsp3) is 0.660. The number of allylic oxidation sites excluding steroid dienone is 12. The van der Waals surface area contributed by atoms with Crippen LogP contribution in [0.5, 0.6) is 0 Å². The van der Waals surface area contributed by atoms with Gasteiger partial charge in [-0.2, -0.15) is 0 Å². The number of aliphatic hydroxyl groups excluding tert-OH is 1. The molecular weight excluding hydrogens is 705 g/mol. The number of carbonyl (C=O) groups is 4. The molecule has 9 heteroatoms. The summed E-state index contributed by atoms with van der Waals surface area (Å²) >= 11 is 0. The monoisotopic (exact) mass is 783 g/mol. The van der Waals surface area contributed by atoms with Crippen LogP contribution in [0.3, 0.4) is 0 Å². The van der Waals surface area contributed by atoms with Crippen LogP contribution < -0.4 is 10.6 Å². The zero-order valence-electron chi connectivity index (χ0n) is 35.1. The summed E-state index contributed by atoms with van der Waals surface area (Å²) in [6.45, 7) is 3.33. The van der Waals surface area contributed by atoms with Gasteiger partial charge in [0.05, 0.1) is 13.2 Å². The quantitative estimate of drug-likeness (QED) is 0.0277. The summed E-state index contributed by atoms with van der Waals surface area (Å²) in [7, 11) is 0. The van der Waals surface area contributed by atoms with E-state index >= 15 is 0 Å². The molecule has 9 nitrogen and oxygen atoms in total. The normalized spacial score (nSPS) is 13.2. The second-order valence-corrected chi connectivity index (χ2v) is 14.4. The molecule has 0 aliphatic carbocycles. The molecule has 2 amide bonds. The lowest BCUT2D eigenvalue weighted by atomic mass is 10.0. The Morgan fingerprint density at radius 3 is 1.59 bits per heavy atom. The predicted molar refractivity (Wildman–Crippen MR) is 231 cm³/mol. The van der Waals surface area contributed by atoms with E-state index in [0.29, 0.717) is 19.3 Å². The molecule has 0 radical (unpaired) electrons. The summed E-state index contributed by atoms with van der Waals surface area (Å²) in [6, 6.07) is -1.39. The molecule has 0 spiro atoms. The fourth-order valence-corrected chi connectivity index (χ4v) is 5.88. The molecule has 0 aromatic rings. The molecule has 0 bridgehead atoms. The summed E-state index contributed by atoms with van der Waals surface area (Å²) in [6.07, 6.45) is 50.7. The van der Waals surface area contributed by atoms with Gasteiger partial charge in [0.15, 0.2) is 0 Å². The number of carboxylic acids is 1. The van der Waals surface area contributed by atoms with E-state index in [4.69, 9.17) is 14.9 Å². The van der Waals surface area contributed by atoms with Crippen molar-refractivity contribution in [3.8, 4) is 0 Å². The maximum absolute atomic E-state index is 12.7. The Hall–Kier alpha value is -3.72. The SMILES string of the molecule is CC/C=C\C/C=C\C/C=C\C/C=C\CCC(=O)OC(CCCCC/C=C\C/C=C\CCCCCCC)CCCCCCCC(=O)NCC(=O)NC(CO)C(=O)O. The van der Waals surface area contributed by atoms with Gasteiger partial charge in [0, 0.05) is 12.8 Å². The lowest BCUT2D eigenvalue weighted by Gasteiger charge is -2.18. The summed E-state index contributed by atoms with van der Waals surface area (Å²) in [5.41, 5.74) is 0. The fourth-order valence-electron chi connectivity index (χ4n) is 5.88. The average molecular weight is 783 g/mol. The smallest absolute Gasteiger partial charge is 0.328 e. The van der Waals surface area contributed by atoms with Crippen molar-refractivity contribution in [3.05, 3.63) is 72.9 Å². The second-order valence-electron chi connectivity index (χ2n) is 14.4. The summed E-state index contributed by atoms with van der Waals surface area (Å²) in [5.74, 6) is -2.41. The first kappa shape index (κ1) is 52.3. The molecule has 0 heterocycles. The molecule has 0 saturated heterocycles. The Kier molecular flexibility index (Phi) is 38.2. The van der Waals surface area contributed by atoms with Crippen LogP contribution in [0, 0.1) is 0 Å². The minimum atomic E-state index is -1.39. The third kappa shape index (κ3) is 37.2. The van der Waals surface area contributed by atoms with E-state index in [1.807, 2.05) is 0 Å². The number of esters is 1. The number of ether oxygens (including phenoxy) is 1. The van der Waals surface area contributed by atoms with Crippen molar-refractivity contribution >= 4 is 23.8 Å². The summed E-state index contributed by atoms with van der Waals surface area (Å²) in [5, 5.41) is 22.5. The van der Waals surface area contributed by atoms with E-state index in [1.165, 1.54) is 38.5 Å². The number of nitrogens with one attached hydrogen (secondary N) is 2. The number of amides is 2. The van der Waals surface area contributed by atoms with Gasteiger partial charge in [0.1, 0.15) is 12.1 Å². The standard InChI is InChI=1S/C47H78N2O7/c1-3-5-7-9-11-13-15-17-18-20-21-23-25-28-32-36-42(56-46(53)39-35-31-26-24-22-19-16-14-12-10-8-6-4-2)37-33-29-27-30-34-38-44(51)48-40-45(52)49-43(41-50)47(54)55/h6,8,12,14-15,17,19-22,26,31,42-43,50H,3-5,7,9-11,13,16,18,23-25,27-30,32-41H2,1-2H3,(H,48,51)(H,49,52)(H,54,55)/b8-6-,14-12-,17-15-,21-20-,22-19-,31-26-. The third-order valence-corrected chi connectivity index (χ3v) is 9.20. The van der Waals surface area contributed by atoms with Crippen LogP contribution >= 0.6 is 0 Å². The molecule has 0 aliphatic heterocycles. The number of aliphatic hydroxyl groups is 1. The number of carboxylic acid groups (broad SMARTS) is 1. The van der Waals surface area contributed by atoms with Crippen LogP contribution in [0.1, 0.15) is 174 Å². The van der Waals surface area contributed by atoms with Crippen LogP contribution in [-0.4, -0.2) is 59.3 Å². The molecule has 0 aliphatic rings. The molecule has 0 aromatic carbocycles. The molecule has 0 aromatic heterocycles. The highest BCUT2D eigenvalue weighted by Gasteiger charge is 2.19. The molecule has 56 heavy (non-hydrogen) atoms. The van der Waals surface area contributed by atoms with Gasteiger partial charge in [-0.3, -0.25) is 14.4 Å². The predicted octanol–water partition coefficient (Wildman–Crippen LogP) is 10.7. The van der Waals surface area contributed by atoms with E-state index in [0.717, 1.165) is 96.3 Å². The van der Waals surface area contributed by atoms with Gasteiger partial charge in [-0.1, -0.05) is 138 Å². The minimum Gasteiger partial charge on any atom is -0.480 e. The van der Waals surface area contributed by atoms with E-state index in [2.05, 4.69) is 97.4 Å². The number of unbranched alkanes of at least 4 members (excludes halogenated alkanes) is 12. The minimum absolute atomic E-state index is 0.0777. The Morgan fingerprint density at radius 2 is 1.04 bits per heavy atom. The summed E-state index contributed by atoms with van der Waals surface area (Å²) in [4.78, 5) is 47.6. The van der Waals surface area contributed by atoms with E-state index in [9.17, 15) is 19.2 Å². The van der Waals surface area contributed by atoms with Crippen molar-refractivity contribution in [2.24, 2.45) is 0 Å².